The minimum absolute atomic E-state index is 0.0494. The maximum atomic E-state index is 10.2. The van der Waals surface area contributed by atoms with Gasteiger partial charge in [-0.25, -0.2) is 4.98 Å². The molecule has 0 aliphatic rings. The Bertz CT molecular complexity index is 320. The highest BCUT2D eigenvalue weighted by molar-refractivity contribution is 7.71. The molecule has 0 bridgehead atoms. The summed E-state index contributed by atoms with van der Waals surface area (Å²) >= 11 is 4.69. The molecule has 0 aliphatic heterocycles. The number of aliphatic carboxylic acids is 1. The Morgan fingerprint density at radius 3 is 3.09 bits per heavy atom. The molecule has 5 heteroatoms. The molecular formula is C6H6N2O2S. The molecule has 0 saturated carbocycles. The van der Waals surface area contributed by atoms with Crippen LogP contribution < -0.4 is 0 Å². The molecule has 0 aliphatic carbocycles. The number of carboxylic acids is 1. The highest BCUT2D eigenvalue weighted by Gasteiger charge is 1.98. The predicted octanol–water partition coefficient (Wildman–Crippen LogP) is 0.766. The third-order valence-electron chi connectivity index (χ3n) is 1.08. The fraction of sp³-hybridized carbons (Fsp3) is 0.167. The molecule has 58 valence electrons. The van der Waals surface area contributed by atoms with Crippen LogP contribution in [0.4, 0.5) is 0 Å². The van der Waals surface area contributed by atoms with Crippen LogP contribution in [0.3, 0.4) is 0 Å². The quantitative estimate of drug-likeness (QED) is 0.643. The molecule has 2 N–H and O–H groups in total. The lowest BCUT2D eigenvalue weighted by atomic mass is 10.3. The highest BCUT2D eigenvalue weighted by atomic mass is 32.1. The molecule has 0 unspecified atom stereocenters. The van der Waals surface area contributed by atoms with Gasteiger partial charge in [0.2, 0.25) is 0 Å². The van der Waals surface area contributed by atoms with Crippen LogP contribution in [0.1, 0.15) is 5.69 Å². The zero-order valence-electron chi connectivity index (χ0n) is 5.57. The fourth-order valence-electron chi connectivity index (χ4n) is 0.672. The standard InChI is InChI=1S/C6H6N2O2S/c9-5(10)3-4-1-2-7-6(11)8-4/h1-2H,3H2,(H,9,10)(H,7,8,11). The molecule has 1 aromatic heterocycles. The minimum Gasteiger partial charge on any atom is -0.481 e. The summed E-state index contributed by atoms with van der Waals surface area (Å²) in [6.07, 6.45) is 1.43. The van der Waals surface area contributed by atoms with Gasteiger partial charge in [0.25, 0.3) is 0 Å². The summed E-state index contributed by atoms with van der Waals surface area (Å²) in [5, 5.41) is 8.38. The third kappa shape index (κ3) is 2.46. The van der Waals surface area contributed by atoms with E-state index in [0.717, 1.165) is 0 Å². The van der Waals surface area contributed by atoms with Crippen molar-refractivity contribution in [1.29, 1.82) is 0 Å². The van der Waals surface area contributed by atoms with E-state index in [1.165, 1.54) is 6.20 Å². The van der Waals surface area contributed by atoms with Crippen LogP contribution in [0, 0.1) is 4.77 Å². The Balaban J connectivity index is 2.88. The van der Waals surface area contributed by atoms with Crippen molar-refractivity contribution in [3.8, 4) is 0 Å². The Morgan fingerprint density at radius 1 is 1.82 bits per heavy atom. The third-order valence-corrected chi connectivity index (χ3v) is 1.28. The first kappa shape index (κ1) is 7.87. The molecule has 1 rings (SSSR count). The van der Waals surface area contributed by atoms with Gasteiger partial charge < -0.3 is 10.1 Å². The number of nitrogens with one attached hydrogen (secondary N) is 1. The number of hydrogen-bond donors (Lipinski definition) is 2. The van der Waals surface area contributed by atoms with Gasteiger partial charge >= 0.3 is 5.97 Å². The number of carbonyl (C=O) groups is 1. The maximum absolute atomic E-state index is 10.2. The van der Waals surface area contributed by atoms with Crippen molar-refractivity contribution in [3.63, 3.8) is 0 Å². The van der Waals surface area contributed by atoms with Crippen molar-refractivity contribution in [2.24, 2.45) is 0 Å². The Labute approximate surface area is 67.9 Å². The van der Waals surface area contributed by atoms with E-state index in [1.54, 1.807) is 6.07 Å². The second-order valence-corrected chi connectivity index (χ2v) is 2.36. The largest absolute Gasteiger partial charge is 0.481 e. The second kappa shape index (κ2) is 3.25. The number of H-pyrrole nitrogens is 1. The van der Waals surface area contributed by atoms with Gasteiger partial charge in [0.05, 0.1) is 6.42 Å². The average Bonchev–Trinajstić information content (AvgIpc) is 1.85. The van der Waals surface area contributed by atoms with Crippen LogP contribution >= 0.6 is 12.2 Å². The molecule has 1 heterocycles. The van der Waals surface area contributed by atoms with Gasteiger partial charge in [-0.15, -0.1) is 0 Å². The van der Waals surface area contributed by atoms with Crippen molar-refractivity contribution >= 4 is 18.2 Å². The van der Waals surface area contributed by atoms with Crippen molar-refractivity contribution in [2.45, 2.75) is 6.42 Å². The van der Waals surface area contributed by atoms with Crippen molar-refractivity contribution in [2.75, 3.05) is 0 Å². The fourth-order valence-corrected chi connectivity index (χ4v) is 0.864. The lowest BCUT2D eigenvalue weighted by Gasteiger charge is -1.94. The molecule has 0 amide bonds. The first-order chi connectivity index (χ1) is 5.18. The van der Waals surface area contributed by atoms with E-state index in [-0.39, 0.29) is 6.42 Å². The van der Waals surface area contributed by atoms with E-state index in [2.05, 4.69) is 9.97 Å². The summed E-state index contributed by atoms with van der Waals surface area (Å²) in [7, 11) is 0. The first-order valence-corrected chi connectivity index (χ1v) is 3.35. The highest BCUT2D eigenvalue weighted by Crippen LogP contribution is 1.92. The predicted molar refractivity (Wildman–Crippen MR) is 40.8 cm³/mol. The monoisotopic (exact) mass is 170 g/mol. The molecule has 0 atom stereocenters. The number of aromatic amines is 1. The zero-order chi connectivity index (χ0) is 8.27. The lowest BCUT2D eigenvalue weighted by Crippen LogP contribution is -2.02. The number of carboxylic acid groups (broad SMARTS) is 1. The van der Waals surface area contributed by atoms with Crippen molar-refractivity contribution in [3.05, 3.63) is 22.7 Å². The summed E-state index contributed by atoms with van der Waals surface area (Å²) in [4.78, 5) is 16.6. The Hall–Kier alpha value is -1.23. The normalized spacial score (nSPS) is 9.45. The molecule has 1 aromatic rings. The number of nitrogens with zero attached hydrogens (tertiary/aromatic N) is 1. The maximum Gasteiger partial charge on any atom is 0.309 e. The molecule has 0 fully saturated rings. The van der Waals surface area contributed by atoms with Gasteiger partial charge in [-0.2, -0.15) is 0 Å². The van der Waals surface area contributed by atoms with Crippen molar-refractivity contribution in [1.82, 2.24) is 9.97 Å². The van der Waals surface area contributed by atoms with E-state index in [4.69, 9.17) is 17.3 Å². The van der Waals surface area contributed by atoms with E-state index in [0.29, 0.717) is 10.5 Å². The first-order valence-electron chi connectivity index (χ1n) is 2.94. The van der Waals surface area contributed by atoms with Crippen molar-refractivity contribution < 1.29 is 9.90 Å². The van der Waals surface area contributed by atoms with E-state index >= 15 is 0 Å². The topological polar surface area (TPSA) is 66.0 Å². The Kier molecular flexibility index (Phi) is 2.32. The van der Waals surface area contributed by atoms with Crippen LogP contribution in [0.2, 0.25) is 0 Å². The van der Waals surface area contributed by atoms with Gasteiger partial charge in [-0.05, 0) is 18.3 Å². The molecule has 0 spiro atoms. The molecule has 0 saturated heterocycles. The molecule has 4 nitrogen and oxygen atoms in total. The number of aromatic nitrogens is 2. The van der Waals surface area contributed by atoms with Crippen LogP contribution in [-0.2, 0) is 11.2 Å². The molecular weight excluding hydrogens is 164 g/mol. The summed E-state index contributed by atoms with van der Waals surface area (Å²) < 4.78 is 0.309. The van der Waals surface area contributed by atoms with Gasteiger partial charge in [-0.3, -0.25) is 4.79 Å². The van der Waals surface area contributed by atoms with Crippen LogP contribution in [0.25, 0.3) is 0 Å². The molecule has 0 radical (unpaired) electrons. The summed E-state index contributed by atoms with van der Waals surface area (Å²) in [6, 6.07) is 1.59. The van der Waals surface area contributed by atoms with Gasteiger partial charge in [0.1, 0.15) is 0 Å². The second-order valence-electron chi connectivity index (χ2n) is 1.97. The SMILES string of the molecule is O=C(O)Cc1ccnc(=S)[nH]1. The van der Waals surface area contributed by atoms with Gasteiger partial charge in [0.15, 0.2) is 4.77 Å². The van der Waals surface area contributed by atoms with Crippen LogP contribution in [-0.4, -0.2) is 21.0 Å². The van der Waals surface area contributed by atoms with Gasteiger partial charge in [-0.1, -0.05) is 0 Å². The summed E-state index contributed by atoms with van der Waals surface area (Å²) in [6.45, 7) is 0. The van der Waals surface area contributed by atoms with E-state index in [1.807, 2.05) is 0 Å². The van der Waals surface area contributed by atoms with E-state index in [9.17, 15) is 4.79 Å². The average molecular weight is 170 g/mol. The summed E-state index contributed by atoms with van der Waals surface area (Å²) in [5.41, 5.74) is 0.567. The zero-order valence-corrected chi connectivity index (χ0v) is 6.39. The molecule has 0 aromatic carbocycles. The lowest BCUT2D eigenvalue weighted by molar-refractivity contribution is -0.136. The number of rotatable bonds is 2. The van der Waals surface area contributed by atoms with E-state index < -0.39 is 5.97 Å². The Morgan fingerprint density at radius 2 is 2.55 bits per heavy atom. The van der Waals surface area contributed by atoms with Crippen LogP contribution in [0.15, 0.2) is 12.3 Å². The number of hydrogen-bond acceptors (Lipinski definition) is 3. The molecule has 11 heavy (non-hydrogen) atoms. The smallest absolute Gasteiger partial charge is 0.309 e. The minimum atomic E-state index is -0.887. The van der Waals surface area contributed by atoms with Crippen LogP contribution in [0.5, 0.6) is 0 Å². The van der Waals surface area contributed by atoms with Gasteiger partial charge in [0, 0.05) is 11.9 Å². The summed E-state index contributed by atoms with van der Waals surface area (Å²) in [5.74, 6) is -0.887.